The number of methoxy groups -OCH3 is 1. The van der Waals surface area contributed by atoms with Crippen LogP contribution in [0.4, 0.5) is 5.69 Å². The number of carboxylic acid groups (broad SMARTS) is 1. The summed E-state index contributed by atoms with van der Waals surface area (Å²) < 4.78 is 5.27. The van der Waals surface area contributed by atoms with Crippen molar-refractivity contribution >= 4 is 22.7 Å². The van der Waals surface area contributed by atoms with Gasteiger partial charge in [-0.1, -0.05) is 19.9 Å². The number of H-pyrrole nitrogens is 1. The Morgan fingerprint density at radius 1 is 1.25 bits per heavy atom. The molecule has 3 aromatic rings. The lowest BCUT2D eigenvalue weighted by Crippen LogP contribution is -2.22. The molecule has 1 aliphatic rings. The molecule has 0 spiro atoms. The van der Waals surface area contributed by atoms with E-state index < -0.39 is 5.97 Å². The Morgan fingerprint density at radius 2 is 2.04 bits per heavy atom. The number of aliphatic carboxylic acids is 1. The molecule has 6 nitrogen and oxygen atoms in total. The van der Waals surface area contributed by atoms with E-state index in [9.17, 15) is 9.90 Å². The summed E-state index contributed by atoms with van der Waals surface area (Å²) in [4.78, 5) is 21.4. The fourth-order valence-electron chi connectivity index (χ4n) is 3.50. The maximum Gasteiger partial charge on any atom is 0.308 e. The lowest BCUT2D eigenvalue weighted by atomic mass is 10.1. The van der Waals surface area contributed by atoms with Crippen molar-refractivity contribution in [3.8, 4) is 17.1 Å². The van der Waals surface area contributed by atoms with Gasteiger partial charge in [-0.25, -0.2) is 4.98 Å². The number of nitrogens with one attached hydrogen (secondary N) is 1. The highest BCUT2D eigenvalue weighted by Gasteiger charge is 2.28. The summed E-state index contributed by atoms with van der Waals surface area (Å²) in [7, 11) is 1.65. The standard InChI is InChI=1S/C20H21N3O3.C2H6/c1-12-3-4-14(23-8-7-13(11-23)20(24)25)9-16(12)19-21-17-6-5-15(26-2)10-18(17)22-19;1-2/h3-6,9-10,13H,7-8,11H2,1-2H3,(H,21,22)(H,24,25);1-2H3. The number of nitrogens with zero attached hydrogens (tertiary/aromatic N) is 2. The van der Waals surface area contributed by atoms with Crippen molar-refractivity contribution < 1.29 is 14.6 Å². The van der Waals surface area contributed by atoms with E-state index in [0.29, 0.717) is 13.0 Å². The number of imidazole rings is 1. The van der Waals surface area contributed by atoms with Gasteiger partial charge in [0.25, 0.3) is 0 Å². The Hall–Kier alpha value is -3.02. The zero-order chi connectivity index (χ0) is 20.3. The van der Waals surface area contributed by atoms with Crippen LogP contribution in [0, 0.1) is 12.8 Å². The molecule has 0 aliphatic carbocycles. The third-order valence-electron chi connectivity index (χ3n) is 5.07. The first-order valence-corrected chi connectivity index (χ1v) is 9.67. The minimum atomic E-state index is -0.717. The second kappa shape index (κ2) is 8.33. The highest BCUT2D eigenvalue weighted by molar-refractivity contribution is 5.82. The number of aromatic amines is 1. The minimum absolute atomic E-state index is 0.293. The highest BCUT2D eigenvalue weighted by Crippen LogP contribution is 2.31. The van der Waals surface area contributed by atoms with Gasteiger partial charge >= 0.3 is 5.97 Å². The number of benzene rings is 2. The monoisotopic (exact) mass is 381 g/mol. The van der Waals surface area contributed by atoms with Gasteiger partial charge in [0.1, 0.15) is 11.6 Å². The van der Waals surface area contributed by atoms with Gasteiger partial charge in [0, 0.05) is 30.4 Å². The van der Waals surface area contributed by atoms with Gasteiger partial charge in [-0.05, 0) is 43.2 Å². The number of hydrogen-bond acceptors (Lipinski definition) is 4. The molecule has 1 aliphatic heterocycles. The summed E-state index contributed by atoms with van der Waals surface area (Å²) >= 11 is 0. The molecule has 1 unspecified atom stereocenters. The predicted molar refractivity (Wildman–Crippen MR) is 112 cm³/mol. The molecule has 2 aromatic carbocycles. The molecule has 148 valence electrons. The largest absolute Gasteiger partial charge is 0.497 e. The summed E-state index contributed by atoms with van der Waals surface area (Å²) in [5.41, 5.74) is 4.99. The van der Waals surface area contributed by atoms with Gasteiger partial charge in [-0.2, -0.15) is 0 Å². The third-order valence-corrected chi connectivity index (χ3v) is 5.07. The van der Waals surface area contributed by atoms with Gasteiger partial charge in [0.05, 0.1) is 24.1 Å². The van der Waals surface area contributed by atoms with Crippen LogP contribution in [0.25, 0.3) is 22.4 Å². The van der Waals surface area contributed by atoms with Gasteiger partial charge in [0.2, 0.25) is 0 Å². The van der Waals surface area contributed by atoms with Crippen molar-refractivity contribution in [3.05, 3.63) is 42.0 Å². The summed E-state index contributed by atoms with van der Waals surface area (Å²) in [5, 5.41) is 9.23. The highest BCUT2D eigenvalue weighted by atomic mass is 16.5. The average Bonchev–Trinajstić information content (AvgIpc) is 3.36. The number of ether oxygens (including phenoxy) is 1. The van der Waals surface area contributed by atoms with E-state index in [2.05, 4.69) is 35.0 Å². The SMILES string of the molecule is CC.COc1ccc2nc(-c3cc(N4CCC(C(=O)O)C4)ccc3C)[nH]c2c1. The summed E-state index contributed by atoms with van der Waals surface area (Å²) in [6.45, 7) is 7.36. The smallest absolute Gasteiger partial charge is 0.308 e. The number of carboxylic acids is 1. The van der Waals surface area contributed by atoms with Crippen molar-refractivity contribution in [3.63, 3.8) is 0 Å². The number of carbonyl (C=O) groups is 1. The zero-order valence-corrected chi connectivity index (χ0v) is 16.8. The number of aryl methyl sites for hydroxylation is 1. The van der Waals surface area contributed by atoms with Crippen LogP contribution in [0.2, 0.25) is 0 Å². The molecule has 28 heavy (non-hydrogen) atoms. The fourth-order valence-corrected chi connectivity index (χ4v) is 3.50. The van der Waals surface area contributed by atoms with Crippen LogP contribution in [0.15, 0.2) is 36.4 Å². The molecular formula is C22H27N3O3. The zero-order valence-electron chi connectivity index (χ0n) is 16.8. The summed E-state index contributed by atoms with van der Waals surface area (Å²) in [6.07, 6.45) is 0.684. The number of rotatable bonds is 4. The minimum Gasteiger partial charge on any atom is -0.497 e. The molecular weight excluding hydrogens is 354 g/mol. The Bertz CT molecular complexity index is 980. The van der Waals surface area contributed by atoms with Crippen LogP contribution >= 0.6 is 0 Å². The second-order valence-electron chi connectivity index (χ2n) is 6.74. The fraction of sp³-hybridized carbons (Fsp3) is 0.364. The quantitative estimate of drug-likeness (QED) is 0.696. The first-order valence-electron chi connectivity index (χ1n) is 9.67. The van der Waals surface area contributed by atoms with Gasteiger partial charge in [-0.15, -0.1) is 0 Å². The molecule has 1 atom stereocenters. The van der Waals surface area contributed by atoms with Crippen LogP contribution < -0.4 is 9.64 Å². The number of anilines is 1. The van der Waals surface area contributed by atoms with Crippen molar-refractivity contribution in [2.75, 3.05) is 25.1 Å². The van der Waals surface area contributed by atoms with Crippen molar-refractivity contribution in [2.24, 2.45) is 5.92 Å². The van der Waals surface area contributed by atoms with E-state index in [0.717, 1.165) is 46.0 Å². The molecule has 0 amide bonds. The number of fused-ring (bicyclic) bond motifs is 1. The van der Waals surface area contributed by atoms with Crippen molar-refractivity contribution in [1.29, 1.82) is 0 Å². The molecule has 2 N–H and O–H groups in total. The summed E-state index contributed by atoms with van der Waals surface area (Å²) in [5.74, 6) is 0.584. The molecule has 0 radical (unpaired) electrons. The molecule has 0 saturated carbocycles. The molecule has 4 rings (SSSR count). The first-order chi connectivity index (χ1) is 13.5. The predicted octanol–water partition coefficient (Wildman–Crippen LogP) is 4.48. The number of hydrogen-bond donors (Lipinski definition) is 2. The van der Waals surface area contributed by atoms with Gasteiger partial charge in [0.15, 0.2) is 0 Å². The number of aromatic nitrogens is 2. The van der Waals surface area contributed by atoms with Crippen LogP contribution in [-0.2, 0) is 4.79 Å². The lowest BCUT2D eigenvalue weighted by molar-refractivity contribution is -0.140. The third kappa shape index (κ3) is 3.81. The van der Waals surface area contributed by atoms with E-state index in [1.807, 2.05) is 32.0 Å². The van der Waals surface area contributed by atoms with Crippen LogP contribution in [-0.4, -0.2) is 41.2 Å². The topological polar surface area (TPSA) is 78.4 Å². The molecule has 6 heteroatoms. The molecule has 1 aromatic heterocycles. The first kappa shape index (κ1) is 19.7. The van der Waals surface area contributed by atoms with E-state index >= 15 is 0 Å². The average molecular weight is 381 g/mol. The van der Waals surface area contributed by atoms with Gasteiger partial charge < -0.3 is 19.7 Å². The van der Waals surface area contributed by atoms with E-state index in [-0.39, 0.29) is 5.92 Å². The Morgan fingerprint density at radius 3 is 2.71 bits per heavy atom. The van der Waals surface area contributed by atoms with Crippen molar-refractivity contribution in [2.45, 2.75) is 27.2 Å². The Labute approximate surface area is 165 Å². The van der Waals surface area contributed by atoms with Crippen LogP contribution in [0.3, 0.4) is 0 Å². The summed E-state index contributed by atoms with van der Waals surface area (Å²) in [6, 6.07) is 12.0. The molecule has 1 saturated heterocycles. The molecule has 1 fully saturated rings. The van der Waals surface area contributed by atoms with E-state index in [4.69, 9.17) is 9.72 Å². The molecule has 2 heterocycles. The molecule has 0 bridgehead atoms. The maximum atomic E-state index is 11.2. The lowest BCUT2D eigenvalue weighted by Gasteiger charge is -2.19. The Kier molecular flexibility index (Phi) is 5.87. The normalized spacial score (nSPS) is 16.0. The van der Waals surface area contributed by atoms with E-state index in [1.165, 1.54) is 0 Å². The second-order valence-corrected chi connectivity index (χ2v) is 6.74. The van der Waals surface area contributed by atoms with Crippen LogP contribution in [0.5, 0.6) is 5.75 Å². The Balaban J connectivity index is 0.00000109. The van der Waals surface area contributed by atoms with Gasteiger partial charge in [-0.3, -0.25) is 4.79 Å². The van der Waals surface area contributed by atoms with Crippen molar-refractivity contribution in [1.82, 2.24) is 9.97 Å². The maximum absolute atomic E-state index is 11.2. The van der Waals surface area contributed by atoms with Crippen LogP contribution in [0.1, 0.15) is 25.8 Å². The van der Waals surface area contributed by atoms with E-state index in [1.54, 1.807) is 7.11 Å².